The molecule has 0 amide bonds. The molecule has 21 heavy (non-hydrogen) atoms. The molecule has 0 aliphatic heterocycles. The van der Waals surface area contributed by atoms with E-state index in [4.69, 9.17) is 5.73 Å². The van der Waals surface area contributed by atoms with E-state index >= 15 is 0 Å². The molecule has 0 saturated heterocycles. The molecule has 0 saturated carbocycles. The molecule has 112 valence electrons. The van der Waals surface area contributed by atoms with Gasteiger partial charge in [0, 0.05) is 18.8 Å². The highest BCUT2D eigenvalue weighted by Crippen LogP contribution is 2.22. The van der Waals surface area contributed by atoms with Crippen LogP contribution in [-0.4, -0.2) is 11.5 Å². The molecule has 0 bridgehead atoms. The highest BCUT2D eigenvalue weighted by molar-refractivity contribution is 5.37. The van der Waals surface area contributed by atoms with Crippen LogP contribution < -0.4 is 11.1 Å². The monoisotopic (exact) mass is 283 g/mol. The van der Waals surface area contributed by atoms with Gasteiger partial charge in [-0.25, -0.2) is 4.98 Å². The van der Waals surface area contributed by atoms with Gasteiger partial charge in [-0.05, 0) is 29.0 Å². The third-order valence-electron chi connectivity index (χ3n) is 3.62. The van der Waals surface area contributed by atoms with Gasteiger partial charge in [-0.3, -0.25) is 0 Å². The second-order valence-corrected chi connectivity index (χ2v) is 6.41. The molecule has 1 heterocycles. The van der Waals surface area contributed by atoms with E-state index in [-0.39, 0.29) is 11.5 Å². The van der Waals surface area contributed by atoms with Crippen LogP contribution in [-0.2, 0) is 5.41 Å². The summed E-state index contributed by atoms with van der Waals surface area (Å²) in [7, 11) is 0. The Morgan fingerprint density at radius 3 is 2.38 bits per heavy atom. The van der Waals surface area contributed by atoms with Gasteiger partial charge in [0.2, 0.25) is 0 Å². The first-order chi connectivity index (χ1) is 9.97. The van der Waals surface area contributed by atoms with Crippen LogP contribution >= 0.6 is 0 Å². The van der Waals surface area contributed by atoms with Crippen LogP contribution in [0.3, 0.4) is 0 Å². The van der Waals surface area contributed by atoms with E-state index < -0.39 is 0 Å². The van der Waals surface area contributed by atoms with E-state index in [9.17, 15) is 0 Å². The second-order valence-electron chi connectivity index (χ2n) is 6.41. The van der Waals surface area contributed by atoms with Gasteiger partial charge in [0.25, 0.3) is 0 Å². The average Bonchev–Trinajstić information content (AvgIpc) is 2.47. The molecule has 0 aliphatic rings. The van der Waals surface area contributed by atoms with Crippen molar-refractivity contribution in [1.82, 2.24) is 4.98 Å². The molecule has 1 aromatic heterocycles. The Morgan fingerprint density at radius 2 is 1.81 bits per heavy atom. The third kappa shape index (κ3) is 4.57. The summed E-state index contributed by atoms with van der Waals surface area (Å²) in [6.07, 6.45) is 2.83. The highest BCUT2D eigenvalue weighted by atomic mass is 15.0. The van der Waals surface area contributed by atoms with Crippen LogP contribution in [0.25, 0.3) is 0 Å². The number of rotatable bonds is 5. The van der Waals surface area contributed by atoms with Crippen LogP contribution in [0.1, 0.15) is 44.4 Å². The quantitative estimate of drug-likeness (QED) is 0.875. The number of pyridine rings is 1. The van der Waals surface area contributed by atoms with Crippen LogP contribution in [0.4, 0.5) is 5.82 Å². The number of benzene rings is 1. The summed E-state index contributed by atoms with van der Waals surface area (Å²) >= 11 is 0. The molecule has 0 spiro atoms. The van der Waals surface area contributed by atoms with Gasteiger partial charge in [-0.15, -0.1) is 0 Å². The number of hydrogen-bond donors (Lipinski definition) is 2. The van der Waals surface area contributed by atoms with E-state index in [2.05, 4.69) is 49.3 Å². The number of aromatic nitrogens is 1. The van der Waals surface area contributed by atoms with Crippen LogP contribution in [0.15, 0.2) is 48.7 Å². The standard InChI is InChI=1S/C18H25N3/c1-18(2,3)15-9-10-17(21-13-15)20-12-11-16(19)14-7-5-4-6-8-14/h4-10,13,16H,11-12,19H2,1-3H3,(H,20,21). The predicted molar refractivity (Wildman–Crippen MR) is 89.4 cm³/mol. The summed E-state index contributed by atoms with van der Waals surface area (Å²) in [6, 6.07) is 14.4. The largest absolute Gasteiger partial charge is 0.370 e. The zero-order valence-corrected chi connectivity index (χ0v) is 13.1. The fraction of sp³-hybridized carbons (Fsp3) is 0.389. The molecule has 3 N–H and O–H groups in total. The fourth-order valence-corrected chi connectivity index (χ4v) is 2.16. The Hall–Kier alpha value is -1.87. The minimum Gasteiger partial charge on any atom is -0.370 e. The second kappa shape index (κ2) is 6.72. The molecule has 3 heteroatoms. The maximum atomic E-state index is 6.18. The van der Waals surface area contributed by atoms with Gasteiger partial charge in [-0.1, -0.05) is 57.2 Å². The minimum absolute atomic E-state index is 0.0625. The molecular weight excluding hydrogens is 258 g/mol. The summed E-state index contributed by atoms with van der Waals surface area (Å²) in [5.74, 6) is 0.906. The summed E-state index contributed by atoms with van der Waals surface area (Å²) in [5.41, 5.74) is 8.74. The molecule has 1 unspecified atom stereocenters. The molecule has 2 rings (SSSR count). The van der Waals surface area contributed by atoms with Gasteiger partial charge in [0.15, 0.2) is 0 Å². The topological polar surface area (TPSA) is 50.9 Å². The van der Waals surface area contributed by atoms with Crippen LogP contribution in [0, 0.1) is 0 Å². The first kappa shape index (κ1) is 15.5. The molecule has 0 aliphatic carbocycles. The molecule has 0 radical (unpaired) electrons. The predicted octanol–water partition coefficient (Wildman–Crippen LogP) is 3.88. The van der Waals surface area contributed by atoms with Crippen molar-refractivity contribution in [3.63, 3.8) is 0 Å². The lowest BCUT2D eigenvalue weighted by molar-refractivity contribution is 0.587. The molecule has 3 nitrogen and oxygen atoms in total. The van der Waals surface area contributed by atoms with Crippen molar-refractivity contribution in [1.29, 1.82) is 0 Å². The first-order valence-corrected chi connectivity index (χ1v) is 7.48. The zero-order chi connectivity index (χ0) is 15.3. The van der Waals surface area contributed by atoms with Gasteiger partial charge < -0.3 is 11.1 Å². The first-order valence-electron chi connectivity index (χ1n) is 7.48. The molecular formula is C18H25N3. The lowest BCUT2D eigenvalue weighted by Gasteiger charge is -2.18. The van der Waals surface area contributed by atoms with Gasteiger partial charge in [0.1, 0.15) is 5.82 Å². The Labute approximate surface area is 127 Å². The highest BCUT2D eigenvalue weighted by Gasteiger charge is 2.13. The Kier molecular flexibility index (Phi) is 4.97. The summed E-state index contributed by atoms with van der Waals surface area (Å²) < 4.78 is 0. The van der Waals surface area contributed by atoms with Crippen molar-refractivity contribution >= 4 is 5.82 Å². The number of nitrogens with one attached hydrogen (secondary N) is 1. The van der Waals surface area contributed by atoms with Crippen LogP contribution in [0.2, 0.25) is 0 Å². The SMILES string of the molecule is CC(C)(C)c1ccc(NCCC(N)c2ccccc2)nc1. The number of anilines is 1. The van der Waals surface area contributed by atoms with E-state index in [1.54, 1.807) is 0 Å². The van der Waals surface area contributed by atoms with E-state index in [1.165, 1.54) is 11.1 Å². The lowest BCUT2D eigenvalue weighted by atomic mass is 9.88. The maximum Gasteiger partial charge on any atom is 0.125 e. The average molecular weight is 283 g/mol. The van der Waals surface area contributed by atoms with Crippen molar-refractivity contribution in [2.24, 2.45) is 5.73 Å². The fourth-order valence-electron chi connectivity index (χ4n) is 2.16. The summed E-state index contributed by atoms with van der Waals surface area (Å²) in [4.78, 5) is 4.46. The number of nitrogens with two attached hydrogens (primary N) is 1. The summed E-state index contributed by atoms with van der Waals surface area (Å²) in [6.45, 7) is 7.39. The van der Waals surface area contributed by atoms with Gasteiger partial charge in [-0.2, -0.15) is 0 Å². The van der Waals surface area contributed by atoms with E-state index in [0.29, 0.717) is 0 Å². The normalized spacial score (nSPS) is 13.0. The van der Waals surface area contributed by atoms with Gasteiger partial charge in [0.05, 0.1) is 0 Å². The smallest absolute Gasteiger partial charge is 0.125 e. The van der Waals surface area contributed by atoms with E-state index in [1.807, 2.05) is 30.5 Å². The molecule has 1 atom stereocenters. The molecule has 2 aromatic rings. The van der Waals surface area contributed by atoms with Crippen molar-refractivity contribution in [3.05, 3.63) is 59.8 Å². The maximum absolute atomic E-state index is 6.18. The molecule has 0 fully saturated rings. The van der Waals surface area contributed by atoms with E-state index in [0.717, 1.165) is 18.8 Å². The minimum atomic E-state index is 0.0625. The number of nitrogens with zero attached hydrogens (tertiary/aromatic N) is 1. The zero-order valence-electron chi connectivity index (χ0n) is 13.1. The Bertz CT molecular complexity index is 541. The van der Waals surface area contributed by atoms with Crippen molar-refractivity contribution in [2.75, 3.05) is 11.9 Å². The van der Waals surface area contributed by atoms with Crippen molar-refractivity contribution in [2.45, 2.75) is 38.6 Å². The van der Waals surface area contributed by atoms with Crippen molar-refractivity contribution < 1.29 is 0 Å². The summed E-state index contributed by atoms with van der Waals surface area (Å²) in [5, 5.41) is 3.33. The van der Waals surface area contributed by atoms with Gasteiger partial charge >= 0.3 is 0 Å². The number of hydrogen-bond acceptors (Lipinski definition) is 3. The van der Waals surface area contributed by atoms with Crippen LogP contribution in [0.5, 0.6) is 0 Å². The molecule has 1 aromatic carbocycles. The lowest BCUT2D eigenvalue weighted by Crippen LogP contribution is -2.16. The third-order valence-corrected chi connectivity index (χ3v) is 3.62. The Morgan fingerprint density at radius 1 is 1.10 bits per heavy atom. The Balaban J connectivity index is 1.84. The van der Waals surface area contributed by atoms with Crippen molar-refractivity contribution in [3.8, 4) is 0 Å².